The Morgan fingerprint density at radius 3 is 2.63 bits per heavy atom. The van der Waals surface area contributed by atoms with Crippen molar-refractivity contribution in [2.75, 3.05) is 29.5 Å². The van der Waals surface area contributed by atoms with Gasteiger partial charge in [-0.15, -0.1) is 0 Å². The summed E-state index contributed by atoms with van der Waals surface area (Å²) in [5.74, 6) is 0.00848. The highest BCUT2D eigenvalue weighted by Gasteiger charge is 2.28. The molecule has 0 bridgehead atoms. The standard InChI is InChI=1S/C19H16ClN5O2/c20-12-3-6-15(21)14(9-12)11-1-4-13(5-2-11)25-7-8-27-18-16(19(25)26)17(22)23-10-24-18/h1-6,9-10H,7-8,21H2,(H2,22,23,24). The molecule has 2 heterocycles. The summed E-state index contributed by atoms with van der Waals surface area (Å²) >= 11 is 6.07. The lowest BCUT2D eigenvalue weighted by atomic mass is 10.0. The van der Waals surface area contributed by atoms with Gasteiger partial charge in [0.1, 0.15) is 24.3 Å². The molecule has 1 aliphatic heterocycles. The van der Waals surface area contributed by atoms with Crippen LogP contribution >= 0.6 is 11.6 Å². The molecule has 0 spiro atoms. The number of amides is 1. The first-order valence-corrected chi connectivity index (χ1v) is 8.63. The van der Waals surface area contributed by atoms with Crippen LogP contribution in [0.15, 0.2) is 48.8 Å². The summed E-state index contributed by atoms with van der Waals surface area (Å²) in [6.45, 7) is 0.672. The van der Waals surface area contributed by atoms with Crippen LogP contribution in [-0.4, -0.2) is 29.0 Å². The second-order valence-electron chi connectivity index (χ2n) is 6.02. The zero-order valence-electron chi connectivity index (χ0n) is 14.2. The lowest BCUT2D eigenvalue weighted by Gasteiger charge is -2.20. The molecule has 4 rings (SSSR count). The maximum atomic E-state index is 13.0. The molecule has 7 nitrogen and oxygen atoms in total. The average molecular weight is 382 g/mol. The largest absolute Gasteiger partial charge is 0.475 e. The number of ether oxygens (including phenoxy) is 1. The molecule has 27 heavy (non-hydrogen) atoms. The van der Waals surface area contributed by atoms with E-state index in [1.165, 1.54) is 6.33 Å². The number of nitrogens with zero attached hydrogens (tertiary/aromatic N) is 3. The molecule has 0 radical (unpaired) electrons. The molecule has 0 unspecified atom stereocenters. The van der Waals surface area contributed by atoms with E-state index in [0.29, 0.717) is 29.5 Å². The molecule has 4 N–H and O–H groups in total. The average Bonchev–Trinajstić information content (AvgIpc) is 2.84. The van der Waals surface area contributed by atoms with Gasteiger partial charge in [-0.3, -0.25) is 4.79 Å². The molecule has 0 saturated heterocycles. The monoisotopic (exact) mass is 381 g/mol. The minimum Gasteiger partial charge on any atom is -0.475 e. The third kappa shape index (κ3) is 3.13. The molecule has 0 fully saturated rings. The highest BCUT2D eigenvalue weighted by atomic mass is 35.5. The molecule has 0 aliphatic carbocycles. The maximum Gasteiger partial charge on any atom is 0.267 e. The molecular weight excluding hydrogens is 366 g/mol. The van der Waals surface area contributed by atoms with Gasteiger partial charge in [0, 0.05) is 22.0 Å². The Morgan fingerprint density at radius 2 is 1.85 bits per heavy atom. The van der Waals surface area contributed by atoms with Crippen molar-refractivity contribution < 1.29 is 9.53 Å². The topological polar surface area (TPSA) is 107 Å². The van der Waals surface area contributed by atoms with Crippen molar-refractivity contribution in [1.29, 1.82) is 0 Å². The summed E-state index contributed by atoms with van der Waals surface area (Å²) in [6, 6.07) is 12.8. The lowest BCUT2D eigenvalue weighted by Crippen LogP contribution is -2.32. The van der Waals surface area contributed by atoms with Gasteiger partial charge in [0.05, 0.1) is 6.54 Å². The fourth-order valence-electron chi connectivity index (χ4n) is 3.01. The fourth-order valence-corrected chi connectivity index (χ4v) is 3.18. The van der Waals surface area contributed by atoms with Crippen LogP contribution in [0.1, 0.15) is 10.4 Å². The zero-order valence-corrected chi connectivity index (χ0v) is 15.0. The van der Waals surface area contributed by atoms with Crippen molar-refractivity contribution in [3.8, 4) is 17.0 Å². The van der Waals surface area contributed by atoms with Gasteiger partial charge in [-0.1, -0.05) is 23.7 Å². The predicted octanol–water partition coefficient (Wildman–Crippen LogP) is 3.00. The van der Waals surface area contributed by atoms with Gasteiger partial charge in [0.15, 0.2) is 0 Å². The molecule has 0 atom stereocenters. The summed E-state index contributed by atoms with van der Waals surface area (Å²) in [5, 5.41) is 0.607. The molecule has 0 saturated carbocycles. The first-order valence-electron chi connectivity index (χ1n) is 8.25. The normalized spacial score (nSPS) is 13.7. The smallest absolute Gasteiger partial charge is 0.267 e. The van der Waals surface area contributed by atoms with Gasteiger partial charge in [0.2, 0.25) is 5.88 Å². The number of carbonyl (C=O) groups is 1. The fraction of sp³-hybridized carbons (Fsp3) is 0.105. The summed E-state index contributed by atoms with van der Waals surface area (Å²) < 4.78 is 5.55. The van der Waals surface area contributed by atoms with E-state index in [2.05, 4.69) is 9.97 Å². The first kappa shape index (κ1) is 17.1. The van der Waals surface area contributed by atoms with Gasteiger partial charge < -0.3 is 21.1 Å². The Labute approximate surface area is 160 Å². The Bertz CT molecular complexity index is 1020. The van der Waals surface area contributed by atoms with E-state index in [9.17, 15) is 4.79 Å². The summed E-state index contributed by atoms with van der Waals surface area (Å²) in [5.41, 5.74) is 15.2. The number of rotatable bonds is 2. The SMILES string of the molecule is Nc1ccc(Cl)cc1-c1ccc(N2CCOc3ncnc(N)c3C2=O)cc1. The number of hydrogen-bond acceptors (Lipinski definition) is 6. The first-order chi connectivity index (χ1) is 13.0. The predicted molar refractivity (Wildman–Crippen MR) is 105 cm³/mol. The molecule has 8 heteroatoms. The summed E-state index contributed by atoms with van der Waals surface area (Å²) in [4.78, 5) is 22.5. The second kappa shape index (κ2) is 6.77. The third-order valence-electron chi connectivity index (χ3n) is 4.36. The van der Waals surface area contributed by atoms with E-state index >= 15 is 0 Å². The number of carbonyl (C=O) groups excluding carboxylic acids is 1. The van der Waals surface area contributed by atoms with Gasteiger partial charge in [-0.2, -0.15) is 0 Å². The number of benzene rings is 2. The van der Waals surface area contributed by atoms with E-state index in [1.54, 1.807) is 17.0 Å². The van der Waals surface area contributed by atoms with Crippen molar-refractivity contribution in [1.82, 2.24) is 9.97 Å². The lowest BCUT2D eigenvalue weighted by molar-refractivity contribution is 0.0990. The van der Waals surface area contributed by atoms with Crippen molar-refractivity contribution in [2.45, 2.75) is 0 Å². The molecular formula is C19H16ClN5O2. The van der Waals surface area contributed by atoms with Crippen molar-refractivity contribution in [3.63, 3.8) is 0 Å². The van der Waals surface area contributed by atoms with E-state index in [0.717, 1.165) is 11.1 Å². The second-order valence-corrected chi connectivity index (χ2v) is 6.46. The van der Waals surface area contributed by atoms with E-state index < -0.39 is 0 Å². The minimum absolute atomic E-state index is 0.0974. The zero-order chi connectivity index (χ0) is 19.0. The third-order valence-corrected chi connectivity index (χ3v) is 4.59. The quantitative estimate of drug-likeness (QED) is 0.661. The maximum absolute atomic E-state index is 13.0. The number of nitrogens with two attached hydrogens (primary N) is 2. The van der Waals surface area contributed by atoms with Crippen LogP contribution in [0.3, 0.4) is 0 Å². The number of nitrogen functional groups attached to an aromatic ring is 2. The van der Waals surface area contributed by atoms with Gasteiger partial charge in [-0.05, 0) is 35.9 Å². The number of aromatic nitrogens is 2. The Balaban J connectivity index is 1.69. The van der Waals surface area contributed by atoms with Crippen LogP contribution in [-0.2, 0) is 0 Å². The highest BCUT2D eigenvalue weighted by Crippen LogP contribution is 2.32. The molecule has 1 aromatic heterocycles. The van der Waals surface area contributed by atoms with Crippen LogP contribution in [0, 0.1) is 0 Å². The number of hydrogen-bond donors (Lipinski definition) is 2. The molecule has 1 aliphatic rings. The molecule has 3 aromatic rings. The van der Waals surface area contributed by atoms with Crippen LogP contribution in [0.4, 0.5) is 17.2 Å². The molecule has 136 valence electrons. The molecule has 2 aromatic carbocycles. The van der Waals surface area contributed by atoms with Gasteiger partial charge in [0.25, 0.3) is 5.91 Å². The summed E-state index contributed by atoms with van der Waals surface area (Å²) in [6.07, 6.45) is 1.28. The van der Waals surface area contributed by atoms with E-state index in [-0.39, 0.29) is 23.2 Å². The minimum atomic E-state index is -0.296. The van der Waals surface area contributed by atoms with E-state index in [1.807, 2.05) is 30.3 Å². The van der Waals surface area contributed by atoms with Crippen LogP contribution in [0.5, 0.6) is 5.88 Å². The van der Waals surface area contributed by atoms with E-state index in [4.69, 9.17) is 27.8 Å². The molecule has 1 amide bonds. The highest BCUT2D eigenvalue weighted by molar-refractivity contribution is 6.31. The van der Waals surface area contributed by atoms with Crippen LogP contribution in [0.2, 0.25) is 5.02 Å². The van der Waals surface area contributed by atoms with Crippen LogP contribution < -0.4 is 21.1 Å². The summed E-state index contributed by atoms with van der Waals surface area (Å²) in [7, 11) is 0. The van der Waals surface area contributed by atoms with Crippen molar-refractivity contribution >= 4 is 34.7 Å². The number of fused-ring (bicyclic) bond motifs is 1. The van der Waals surface area contributed by atoms with Crippen LogP contribution in [0.25, 0.3) is 11.1 Å². The van der Waals surface area contributed by atoms with Gasteiger partial charge in [-0.25, -0.2) is 9.97 Å². The number of anilines is 3. The van der Waals surface area contributed by atoms with Crippen molar-refractivity contribution in [2.24, 2.45) is 0 Å². The Kier molecular flexibility index (Phi) is 4.29. The number of halogens is 1. The van der Waals surface area contributed by atoms with Crippen molar-refractivity contribution in [3.05, 3.63) is 59.4 Å². The Morgan fingerprint density at radius 1 is 1.07 bits per heavy atom. The Hall–Kier alpha value is -3.32. The van der Waals surface area contributed by atoms with Gasteiger partial charge >= 0.3 is 0 Å².